The van der Waals surface area contributed by atoms with Crippen LogP contribution in [0.4, 0.5) is 5.82 Å². The first-order valence-corrected chi connectivity index (χ1v) is 6.07. The molecule has 0 amide bonds. The highest BCUT2D eigenvalue weighted by Gasteiger charge is 2.29. The second kappa shape index (κ2) is 4.30. The molecule has 0 unspecified atom stereocenters. The number of nitrogens with two attached hydrogens (primary N) is 1. The molecule has 1 saturated carbocycles. The molecule has 2 aromatic rings. The third kappa shape index (κ3) is 2.08. The molecule has 17 heavy (non-hydrogen) atoms. The maximum absolute atomic E-state index is 5.66. The summed E-state index contributed by atoms with van der Waals surface area (Å²) >= 11 is 0. The van der Waals surface area contributed by atoms with Gasteiger partial charge in [-0.15, -0.1) is 0 Å². The third-order valence-electron chi connectivity index (χ3n) is 3.09. The van der Waals surface area contributed by atoms with Crippen molar-refractivity contribution in [3.8, 4) is 0 Å². The predicted octanol–water partition coefficient (Wildman–Crippen LogP) is 1.56. The summed E-state index contributed by atoms with van der Waals surface area (Å²) in [5, 5.41) is 0. The molecular formula is C13H16N4. The van der Waals surface area contributed by atoms with E-state index in [1.807, 2.05) is 30.5 Å². The summed E-state index contributed by atoms with van der Waals surface area (Å²) in [5.41, 5.74) is 7.55. The highest BCUT2D eigenvalue weighted by Crippen LogP contribution is 2.30. The van der Waals surface area contributed by atoms with Crippen LogP contribution in [-0.2, 0) is 0 Å². The van der Waals surface area contributed by atoms with Gasteiger partial charge in [0.1, 0.15) is 5.82 Å². The van der Waals surface area contributed by atoms with Crippen LogP contribution >= 0.6 is 0 Å². The lowest BCUT2D eigenvalue weighted by Gasteiger charge is -2.22. The van der Waals surface area contributed by atoms with Crippen LogP contribution in [-0.4, -0.2) is 29.1 Å². The predicted molar refractivity (Wildman–Crippen MR) is 69.0 cm³/mol. The molecule has 0 saturated heterocycles. The molecule has 0 atom stereocenters. The number of fused-ring (bicyclic) bond motifs is 1. The number of anilines is 1. The molecule has 0 aliphatic heterocycles. The lowest BCUT2D eigenvalue weighted by molar-refractivity contribution is 0.771. The van der Waals surface area contributed by atoms with E-state index in [0.29, 0.717) is 12.6 Å². The first-order chi connectivity index (χ1) is 8.38. The Bertz CT molecular complexity index is 522. The van der Waals surface area contributed by atoms with Gasteiger partial charge in [-0.05, 0) is 25.0 Å². The standard InChI is InChI=1S/C13H16N4/c14-7-8-17(10-5-6-10)13-9-15-11-3-1-2-4-12(11)16-13/h1-4,9-10H,5-8,14H2. The number of hydrogen-bond acceptors (Lipinski definition) is 4. The van der Waals surface area contributed by atoms with E-state index in [1.165, 1.54) is 12.8 Å². The van der Waals surface area contributed by atoms with Crippen LogP contribution in [0.5, 0.6) is 0 Å². The van der Waals surface area contributed by atoms with Crippen LogP contribution in [0.3, 0.4) is 0 Å². The van der Waals surface area contributed by atoms with Gasteiger partial charge < -0.3 is 10.6 Å². The molecule has 1 aliphatic rings. The Morgan fingerprint density at radius 2 is 2.00 bits per heavy atom. The van der Waals surface area contributed by atoms with Crippen molar-refractivity contribution in [2.24, 2.45) is 5.73 Å². The minimum Gasteiger partial charge on any atom is -0.351 e. The van der Waals surface area contributed by atoms with E-state index in [4.69, 9.17) is 5.73 Å². The SMILES string of the molecule is NCCN(c1cnc2ccccc2n1)C1CC1. The van der Waals surface area contributed by atoms with Gasteiger partial charge in [-0.25, -0.2) is 4.98 Å². The molecular weight excluding hydrogens is 212 g/mol. The molecule has 1 heterocycles. The average molecular weight is 228 g/mol. The van der Waals surface area contributed by atoms with E-state index in [-0.39, 0.29) is 0 Å². The molecule has 88 valence electrons. The first kappa shape index (κ1) is 10.5. The first-order valence-electron chi connectivity index (χ1n) is 6.07. The molecule has 1 fully saturated rings. The molecule has 1 aromatic heterocycles. The summed E-state index contributed by atoms with van der Waals surface area (Å²) in [7, 11) is 0. The quantitative estimate of drug-likeness (QED) is 0.862. The van der Waals surface area contributed by atoms with Gasteiger partial charge in [0.25, 0.3) is 0 Å². The van der Waals surface area contributed by atoms with Gasteiger partial charge in [-0.1, -0.05) is 12.1 Å². The van der Waals surface area contributed by atoms with Crippen LogP contribution in [0.25, 0.3) is 11.0 Å². The number of nitrogens with zero attached hydrogens (tertiary/aromatic N) is 3. The van der Waals surface area contributed by atoms with Crippen LogP contribution in [0.1, 0.15) is 12.8 Å². The maximum atomic E-state index is 5.66. The Morgan fingerprint density at radius 1 is 1.24 bits per heavy atom. The molecule has 0 spiro atoms. The Balaban J connectivity index is 1.97. The van der Waals surface area contributed by atoms with Crippen molar-refractivity contribution in [2.75, 3.05) is 18.0 Å². The van der Waals surface area contributed by atoms with Gasteiger partial charge in [0, 0.05) is 19.1 Å². The van der Waals surface area contributed by atoms with Gasteiger partial charge in [0.05, 0.1) is 17.2 Å². The number of aromatic nitrogens is 2. The second-order valence-electron chi connectivity index (χ2n) is 4.43. The summed E-state index contributed by atoms with van der Waals surface area (Å²) in [6.45, 7) is 1.52. The molecule has 1 aromatic carbocycles. The van der Waals surface area contributed by atoms with Crippen molar-refractivity contribution in [2.45, 2.75) is 18.9 Å². The van der Waals surface area contributed by atoms with Gasteiger partial charge in [0.15, 0.2) is 0 Å². The largest absolute Gasteiger partial charge is 0.351 e. The van der Waals surface area contributed by atoms with Crippen molar-refractivity contribution < 1.29 is 0 Å². The highest BCUT2D eigenvalue weighted by atomic mass is 15.2. The zero-order chi connectivity index (χ0) is 11.7. The van der Waals surface area contributed by atoms with Gasteiger partial charge in [-0.2, -0.15) is 0 Å². The van der Waals surface area contributed by atoms with Crippen LogP contribution in [0, 0.1) is 0 Å². The van der Waals surface area contributed by atoms with Crippen molar-refractivity contribution in [3.63, 3.8) is 0 Å². The Morgan fingerprint density at radius 3 is 2.71 bits per heavy atom. The zero-order valence-corrected chi connectivity index (χ0v) is 9.71. The van der Waals surface area contributed by atoms with E-state index >= 15 is 0 Å². The van der Waals surface area contributed by atoms with Crippen molar-refractivity contribution in [1.29, 1.82) is 0 Å². The Kier molecular flexibility index (Phi) is 2.65. The fourth-order valence-corrected chi connectivity index (χ4v) is 2.10. The third-order valence-corrected chi connectivity index (χ3v) is 3.09. The van der Waals surface area contributed by atoms with E-state index in [1.54, 1.807) is 0 Å². The highest BCUT2D eigenvalue weighted by molar-refractivity contribution is 5.75. The number of benzene rings is 1. The van der Waals surface area contributed by atoms with Crippen molar-refractivity contribution >= 4 is 16.9 Å². The van der Waals surface area contributed by atoms with Crippen molar-refractivity contribution in [1.82, 2.24) is 9.97 Å². The number of para-hydroxylation sites is 2. The number of hydrogen-bond donors (Lipinski definition) is 1. The van der Waals surface area contributed by atoms with Crippen LogP contribution in [0.15, 0.2) is 30.5 Å². The summed E-state index contributed by atoms with van der Waals surface area (Å²) in [6.07, 6.45) is 4.35. The summed E-state index contributed by atoms with van der Waals surface area (Å²) in [4.78, 5) is 11.4. The topological polar surface area (TPSA) is 55.0 Å². The molecule has 1 aliphatic carbocycles. The molecule has 4 heteroatoms. The fourth-order valence-electron chi connectivity index (χ4n) is 2.10. The molecule has 3 rings (SSSR count). The minimum absolute atomic E-state index is 0.619. The zero-order valence-electron chi connectivity index (χ0n) is 9.71. The second-order valence-corrected chi connectivity index (χ2v) is 4.43. The van der Waals surface area contributed by atoms with E-state index in [9.17, 15) is 0 Å². The Hall–Kier alpha value is -1.68. The lowest BCUT2D eigenvalue weighted by atomic mass is 10.3. The molecule has 0 radical (unpaired) electrons. The fraction of sp³-hybridized carbons (Fsp3) is 0.385. The Labute approximate surface area is 100 Å². The molecule has 4 nitrogen and oxygen atoms in total. The number of rotatable bonds is 4. The lowest BCUT2D eigenvalue weighted by Crippen LogP contribution is -2.32. The molecule has 0 bridgehead atoms. The summed E-state index contributed by atoms with van der Waals surface area (Å²) in [6, 6.07) is 8.57. The normalized spacial score (nSPS) is 15.1. The van der Waals surface area contributed by atoms with Gasteiger partial charge >= 0.3 is 0 Å². The monoisotopic (exact) mass is 228 g/mol. The minimum atomic E-state index is 0.619. The van der Waals surface area contributed by atoms with Crippen LogP contribution < -0.4 is 10.6 Å². The van der Waals surface area contributed by atoms with Gasteiger partial charge in [0.2, 0.25) is 0 Å². The maximum Gasteiger partial charge on any atom is 0.148 e. The summed E-state index contributed by atoms with van der Waals surface area (Å²) < 4.78 is 0. The van der Waals surface area contributed by atoms with E-state index < -0.39 is 0 Å². The average Bonchev–Trinajstić information content (AvgIpc) is 3.20. The smallest absolute Gasteiger partial charge is 0.148 e. The van der Waals surface area contributed by atoms with E-state index in [0.717, 1.165) is 23.4 Å². The summed E-state index contributed by atoms with van der Waals surface area (Å²) in [5.74, 6) is 0.955. The van der Waals surface area contributed by atoms with Gasteiger partial charge in [-0.3, -0.25) is 4.98 Å². The van der Waals surface area contributed by atoms with E-state index in [2.05, 4.69) is 14.9 Å². The molecule has 2 N–H and O–H groups in total. The van der Waals surface area contributed by atoms with Crippen LogP contribution in [0.2, 0.25) is 0 Å². The van der Waals surface area contributed by atoms with Crippen molar-refractivity contribution in [3.05, 3.63) is 30.5 Å².